The lowest BCUT2D eigenvalue weighted by atomic mass is 10.1. The van der Waals surface area contributed by atoms with Crippen LogP contribution in [0.1, 0.15) is 45.4 Å². The zero-order valence-electron chi connectivity index (χ0n) is 7.10. The molecular weight excluding hydrogens is 122 g/mol. The van der Waals surface area contributed by atoms with E-state index in [2.05, 4.69) is 13.3 Å². The van der Waals surface area contributed by atoms with Crippen LogP contribution in [0.2, 0.25) is 0 Å². The molecule has 0 fully saturated rings. The van der Waals surface area contributed by atoms with Gasteiger partial charge in [0.1, 0.15) is 0 Å². The van der Waals surface area contributed by atoms with Gasteiger partial charge < -0.3 is 5.73 Å². The summed E-state index contributed by atoms with van der Waals surface area (Å²) in [5.41, 5.74) is 5.35. The maximum absolute atomic E-state index is 5.35. The molecule has 0 aromatic carbocycles. The highest BCUT2D eigenvalue weighted by Gasteiger charge is 1.88. The first-order valence-corrected chi connectivity index (χ1v) is 4.43. The van der Waals surface area contributed by atoms with E-state index in [1.54, 1.807) is 0 Å². The standard InChI is InChI=1S/C9H20N/c1-2-3-4-5-6-7-8-9-10/h6H,2-5,7-10H2,1H3. The van der Waals surface area contributed by atoms with Crippen LogP contribution in [0.25, 0.3) is 0 Å². The summed E-state index contributed by atoms with van der Waals surface area (Å²) in [6.45, 7) is 3.07. The molecular formula is C9H20N. The Balaban J connectivity index is 2.65. The molecule has 0 unspecified atom stereocenters. The van der Waals surface area contributed by atoms with Crippen LogP contribution in [0.4, 0.5) is 0 Å². The third kappa shape index (κ3) is 7.96. The monoisotopic (exact) mass is 142 g/mol. The lowest BCUT2D eigenvalue weighted by Crippen LogP contribution is -1.97. The Bertz CT molecular complexity index is 44.7. The summed E-state index contributed by atoms with van der Waals surface area (Å²) in [4.78, 5) is 0. The summed E-state index contributed by atoms with van der Waals surface area (Å²) in [5.74, 6) is 0. The molecule has 0 aliphatic heterocycles. The van der Waals surface area contributed by atoms with Gasteiger partial charge in [0.05, 0.1) is 0 Å². The molecule has 0 aliphatic rings. The Morgan fingerprint density at radius 2 is 1.80 bits per heavy atom. The SMILES string of the molecule is CCCCC[CH]CCCN. The smallest absolute Gasteiger partial charge is 0.00772 e. The van der Waals surface area contributed by atoms with E-state index in [1.807, 2.05) is 0 Å². The van der Waals surface area contributed by atoms with Crippen molar-refractivity contribution >= 4 is 0 Å². The van der Waals surface area contributed by atoms with Crippen molar-refractivity contribution < 1.29 is 0 Å². The molecule has 2 N–H and O–H groups in total. The van der Waals surface area contributed by atoms with Gasteiger partial charge in [-0.25, -0.2) is 0 Å². The molecule has 0 rings (SSSR count). The predicted octanol–water partition coefficient (Wildman–Crippen LogP) is 2.51. The molecule has 0 aromatic heterocycles. The number of rotatable bonds is 7. The van der Waals surface area contributed by atoms with E-state index in [9.17, 15) is 0 Å². The minimum Gasteiger partial charge on any atom is -0.330 e. The van der Waals surface area contributed by atoms with Gasteiger partial charge in [-0.2, -0.15) is 0 Å². The minimum atomic E-state index is 0.838. The van der Waals surface area contributed by atoms with Crippen LogP contribution in [0.3, 0.4) is 0 Å². The van der Waals surface area contributed by atoms with Crippen molar-refractivity contribution in [1.82, 2.24) is 0 Å². The third-order valence-electron chi connectivity index (χ3n) is 1.62. The van der Waals surface area contributed by atoms with Crippen molar-refractivity contribution in [3.05, 3.63) is 6.42 Å². The summed E-state index contributed by atoms with van der Waals surface area (Å²) >= 11 is 0. The Labute approximate surface area is 65.0 Å². The second kappa shape index (κ2) is 8.96. The molecule has 0 spiro atoms. The van der Waals surface area contributed by atoms with Crippen LogP contribution < -0.4 is 5.73 Å². The molecule has 1 heteroatoms. The molecule has 0 heterocycles. The number of unbranched alkanes of at least 4 members (excludes halogenated alkanes) is 6. The van der Waals surface area contributed by atoms with Gasteiger partial charge in [-0.3, -0.25) is 0 Å². The highest BCUT2D eigenvalue weighted by Crippen LogP contribution is 2.04. The fourth-order valence-electron chi connectivity index (χ4n) is 0.945. The molecule has 1 nitrogen and oxygen atoms in total. The van der Waals surface area contributed by atoms with E-state index in [4.69, 9.17) is 5.73 Å². The third-order valence-corrected chi connectivity index (χ3v) is 1.62. The predicted molar refractivity (Wildman–Crippen MR) is 46.7 cm³/mol. The van der Waals surface area contributed by atoms with E-state index >= 15 is 0 Å². The van der Waals surface area contributed by atoms with E-state index in [0.29, 0.717) is 0 Å². The van der Waals surface area contributed by atoms with Crippen molar-refractivity contribution in [2.75, 3.05) is 6.54 Å². The Morgan fingerprint density at radius 3 is 2.40 bits per heavy atom. The topological polar surface area (TPSA) is 26.0 Å². The quantitative estimate of drug-likeness (QED) is 0.543. The van der Waals surface area contributed by atoms with Crippen LogP contribution in [0.15, 0.2) is 0 Å². The maximum atomic E-state index is 5.35. The van der Waals surface area contributed by atoms with Crippen molar-refractivity contribution in [2.24, 2.45) is 5.73 Å². The fraction of sp³-hybridized carbons (Fsp3) is 0.889. The van der Waals surface area contributed by atoms with E-state index < -0.39 is 0 Å². The summed E-state index contributed by atoms with van der Waals surface area (Å²) in [5, 5.41) is 0. The first kappa shape index (κ1) is 9.96. The van der Waals surface area contributed by atoms with Crippen LogP contribution >= 0.6 is 0 Å². The van der Waals surface area contributed by atoms with Crippen molar-refractivity contribution in [3.8, 4) is 0 Å². The summed E-state index contributed by atoms with van der Waals surface area (Å²) < 4.78 is 0. The van der Waals surface area contributed by atoms with E-state index in [1.165, 1.54) is 32.1 Å². The second-order valence-electron chi connectivity index (χ2n) is 2.72. The molecule has 0 amide bonds. The fourth-order valence-corrected chi connectivity index (χ4v) is 0.945. The van der Waals surface area contributed by atoms with Crippen molar-refractivity contribution in [2.45, 2.75) is 45.4 Å². The molecule has 61 valence electrons. The molecule has 0 atom stereocenters. The zero-order valence-corrected chi connectivity index (χ0v) is 7.10. The Morgan fingerprint density at radius 1 is 1.10 bits per heavy atom. The highest BCUT2D eigenvalue weighted by atomic mass is 14.5. The number of hydrogen-bond donors (Lipinski definition) is 1. The molecule has 0 aliphatic carbocycles. The highest BCUT2D eigenvalue weighted by molar-refractivity contribution is 4.64. The minimum absolute atomic E-state index is 0.838. The molecule has 0 aromatic rings. The number of hydrogen-bond acceptors (Lipinski definition) is 1. The molecule has 0 saturated heterocycles. The lowest BCUT2D eigenvalue weighted by Gasteiger charge is -1.97. The average Bonchev–Trinajstić information content (AvgIpc) is 1.97. The molecule has 0 saturated carbocycles. The Kier molecular flexibility index (Phi) is 8.92. The largest absolute Gasteiger partial charge is 0.330 e. The summed E-state index contributed by atoms with van der Waals surface area (Å²) in [6, 6.07) is 0. The van der Waals surface area contributed by atoms with Gasteiger partial charge in [0.15, 0.2) is 0 Å². The maximum Gasteiger partial charge on any atom is -0.00772 e. The van der Waals surface area contributed by atoms with Gasteiger partial charge in [-0.15, -0.1) is 0 Å². The first-order valence-electron chi connectivity index (χ1n) is 4.43. The van der Waals surface area contributed by atoms with Crippen molar-refractivity contribution in [3.63, 3.8) is 0 Å². The Hall–Kier alpha value is -0.0400. The zero-order chi connectivity index (χ0) is 7.66. The van der Waals surface area contributed by atoms with Gasteiger partial charge in [-0.05, 0) is 25.8 Å². The second-order valence-corrected chi connectivity index (χ2v) is 2.72. The summed E-state index contributed by atoms with van der Waals surface area (Å²) in [7, 11) is 0. The normalized spacial score (nSPS) is 10.2. The van der Waals surface area contributed by atoms with Gasteiger partial charge >= 0.3 is 0 Å². The van der Waals surface area contributed by atoms with Crippen LogP contribution in [0.5, 0.6) is 0 Å². The van der Waals surface area contributed by atoms with Crippen LogP contribution in [-0.2, 0) is 0 Å². The number of nitrogens with two attached hydrogens (primary N) is 1. The van der Waals surface area contributed by atoms with E-state index in [0.717, 1.165) is 13.0 Å². The lowest BCUT2D eigenvalue weighted by molar-refractivity contribution is 0.680. The van der Waals surface area contributed by atoms with Crippen molar-refractivity contribution in [1.29, 1.82) is 0 Å². The van der Waals surface area contributed by atoms with Crippen LogP contribution in [0, 0.1) is 6.42 Å². The van der Waals surface area contributed by atoms with Gasteiger partial charge in [0.25, 0.3) is 0 Å². The molecule has 10 heavy (non-hydrogen) atoms. The average molecular weight is 142 g/mol. The first-order chi connectivity index (χ1) is 4.91. The van der Waals surface area contributed by atoms with Crippen LogP contribution in [-0.4, -0.2) is 6.54 Å². The summed E-state index contributed by atoms with van der Waals surface area (Å²) in [6.07, 6.45) is 10.1. The molecule has 0 bridgehead atoms. The molecule has 1 radical (unpaired) electrons. The van der Waals surface area contributed by atoms with Gasteiger partial charge in [0.2, 0.25) is 0 Å². The van der Waals surface area contributed by atoms with Gasteiger partial charge in [0, 0.05) is 0 Å². The van der Waals surface area contributed by atoms with E-state index in [-0.39, 0.29) is 0 Å². The van der Waals surface area contributed by atoms with Gasteiger partial charge in [-0.1, -0.05) is 32.6 Å².